The number of nitrogens with one attached hydrogen (secondary N) is 1. The maximum atomic E-state index is 12.8. The van der Waals surface area contributed by atoms with Crippen LogP contribution in [0.25, 0.3) is 0 Å². The predicted molar refractivity (Wildman–Crippen MR) is 113 cm³/mol. The van der Waals surface area contributed by atoms with E-state index >= 15 is 0 Å². The molecular formula is C21H23BrN2O2S. The van der Waals surface area contributed by atoms with Crippen LogP contribution in [0.15, 0.2) is 57.9 Å². The second-order valence-electron chi connectivity index (χ2n) is 6.62. The van der Waals surface area contributed by atoms with Gasteiger partial charge in [-0.15, -0.1) is 11.8 Å². The van der Waals surface area contributed by atoms with Crippen molar-refractivity contribution in [2.75, 3.05) is 18.8 Å². The molecule has 1 fully saturated rings. The van der Waals surface area contributed by atoms with Crippen LogP contribution in [0.4, 0.5) is 0 Å². The zero-order valence-electron chi connectivity index (χ0n) is 15.3. The standard InChI is InChI=1S/C21H23BrN2O2S/c1-15(16-7-6-8-17(22)13-16)23-21(26)18-9-2-3-10-19(18)27-14-20(25)24-11-4-5-12-24/h2-3,6-10,13,15H,4-5,11-12,14H2,1H3,(H,23,26)/t15-/m0/s1. The van der Waals surface area contributed by atoms with E-state index in [4.69, 9.17) is 0 Å². The van der Waals surface area contributed by atoms with Gasteiger partial charge in [0.2, 0.25) is 5.91 Å². The Morgan fingerprint density at radius 2 is 1.89 bits per heavy atom. The Morgan fingerprint density at radius 1 is 1.15 bits per heavy atom. The van der Waals surface area contributed by atoms with Crippen LogP contribution < -0.4 is 5.32 Å². The van der Waals surface area contributed by atoms with E-state index in [0.717, 1.165) is 40.9 Å². The summed E-state index contributed by atoms with van der Waals surface area (Å²) in [7, 11) is 0. The maximum Gasteiger partial charge on any atom is 0.252 e. The molecule has 0 bridgehead atoms. The summed E-state index contributed by atoms with van der Waals surface area (Å²) in [4.78, 5) is 27.8. The molecule has 2 amide bonds. The minimum atomic E-state index is -0.126. The summed E-state index contributed by atoms with van der Waals surface area (Å²) in [6.07, 6.45) is 2.17. The van der Waals surface area contributed by atoms with Crippen molar-refractivity contribution >= 4 is 39.5 Å². The van der Waals surface area contributed by atoms with Gasteiger partial charge in [-0.1, -0.05) is 40.2 Å². The summed E-state index contributed by atoms with van der Waals surface area (Å²) >= 11 is 4.90. The fraction of sp³-hybridized carbons (Fsp3) is 0.333. The molecule has 1 atom stereocenters. The van der Waals surface area contributed by atoms with Gasteiger partial charge in [-0.05, 0) is 49.6 Å². The van der Waals surface area contributed by atoms with E-state index in [2.05, 4.69) is 21.2 Å². The number of carbonyl (C=O) groups is 2. The van der Waals surface area contributed by atoms with Gasteiger partial charge in [0.25, 0.3) is 5.91 Å². The molecule has 1 aliphatic heterocycles. The first-order valence-electron chi connectivity index (χ1n) is 9.10. The molecule has 0 aromatic heterocycles. The van der Waals surface area contributed by atoms with E-state index in [0.29, 0.717) is 11.3 Å². The molecule has 0 spiro atoms. The number of hydrogen-bond donors (Lipinski definition) is 1. The van der Waals surface area contributed by atoms with Crippen molar-refractivity contribution < 1.29 is 9.59 Å². The smallest absolute Gasteiger partial charge is 0.252 e. The number of benzene rings is 2. The molecule has 142 valence electrons. The molecule has 0 radical (unpaired) electrons. The summed E-state index contributed by atoms with van der Waals surface area (Å²) in [5, 5.41) is 3.05. The van der Waals surface area contributed by atoms with Crippen LogP contribution in [0, 0.1) is 0 Å². The molecule has 0 saturated carbocycles. The number of hydrogen-bond acceptors (Lipinski definition) is 3. The van der Waals surface area contributed by atoms with Crippen molar-refractivity contribution in [1.82, 2.24) is 10.2 Å². The molecule has 1 aliphatic rings. The van der Waals surface area contributed by atoms with Crippen LogP contribution in [-0.2, 0) is 4.79 Å². The van der Waals surface area contributed by atoms with Gasteiger partial charge in [-0.25, -0.2) is 0 Å². The lowest BCUT2D eigenvalue weighted by atomic mass is 10.1. The quantitative estimate of drug-likeness (QED) is 0.656. The van der Waals surface area contributed by atoms with Gasteiger partial charge in [0.05, 0.1) is 17.4 Å². The first-order chi connectivity index (χ1) is 13.0. The Morgan fingerprint density at radius 3 is 2.63 bits per heavy atom. The van der Waals surface area contributed by atoms with E-state index in [1.54, 1.807) is 0 Å². The van der Waals surface area contributed by atoms with Crippen LogP contribution in [0.2, 0.25) is 0 Å². The van der Waals surface area contributed by atoms with Crippen molar-refractivity contribution in [2.24, 2.45) is 0 Å². The Balaban J connectivity index is 1.65. The molecule has 1 saturated heterocycles. The third-order valence-electron chi connectivity index (χ3n) is 4.64. The largest absolute Gasteiger partial charge is 0.345 e. The molecule has 2 aromatic rings. The van der Waals surface area contributed by atoms with Crippen molar-refractivity contribution in [3.8, 4) is 0 Å². The van der Waals surface area contributed by atoms with Gasteiger partial charge in [0.15, 0.2) is 0 Å². The van der Waals surface area contributed by atoms with E-state index in [9.17, 15) is 9.59 Å². The molecule has 1 N–H and O–H groups in total. The SMILES string of the molecule is C[C@H](NC(=O)c1ccccc1SCC(=O)N1CCCC1)c1cccc(Br)c1. The molecule has 3 rings (SSSR count). The highest BCUT2D eigenvalue weighted by Crippen LogP contribution is 2.25. The number of amides is 2. The molecule has 6 heteroatoms. The lowest BCUT2D eigenvalue weighted by molar-refractivity contribution is -0.127. The van der Waals surface area contributed by atoms with Crippen molar-refractivity contribution in [3.05, 3.63) is 64.1 Å². The monoisotopic (exact) mass is 446 g/mol. The average Bonchev–Trinajstić information content (AvgIpc) is 3.21. The average molecular weight is 447 g/mol. The first kappa shape index (κ1) is 20.0. The van der Waals surface area contributed by atoms with Crippen molar-refractivity contribution in [1.29, 1.82) is 0 Å². The highest BCUT2D eigenvalue weighted by molar-refractivity contribution is 9.10. The van der Waals surface area contributed by atoms with Gasteiger partial charge in [0.1, 0.15) is 0 Å². The van der Waals surface area contributed by atoms with Gasteiger partial charge in [0, 0.05) is 22.5 Å². The van der Waals surface area contributed by atoms with Crippen LogP contribution in [0.3, 0.4) is 0 Å². The van der Waals surface area contributed by atoms with E-state index in [-0.39, 0.29) is 17.9 Å². The fourth-order valence-corrected chi connectivity index (χ4v) is 4.48. The Hall–Kier alpha value is -1.79. The van der Waals surface area contributed by atoms with Crippen LogP contribution in [0.5, 0.6) is 0 Å². The van der Waals surface area contributed by atoms with E-state index in [1.807, 2.05) is 60.4 Å². The number of halogens is 1. The molecule has 1 heterocycles. The Bertz CT molecular complexity index is 821. The summed E-state index contributed by atoms with van der Waals surface area (Å²) in [6.45, 7) is 3.67. The van der Waals surface area contributed by atoms with Gasteiger partial charge >= 0.3 is 0 Å². The predicted octanol–water partition coefficient (Wildman–Crippen LogP) is 4.65. The number of likely N-dealkylation sites (tertiary alicyclic amines) is 1. The highest BCUT2D eigenvalue weighted by atomic mass is 79.9. The molecule has 0 unspecified atom stereocenters. The zero-order valence-corrected chi connectivity index (χ0v) is 17.7. The zero-order chi connectivity index (χ0) is 19.2. The fourth-order valence-electron chi connectivity index (χ4n) is 3.11. The molecule has 2 aromatic carbocycles. The van der Waals surface area contributed by atoms with Gasteiger partial charge < -0.3 is 10.2 Å². The maximum absolute atomic E-state index is 12.8. The first-order valence-corrected chi connectivity index (χ1v) is 10.9. The van der Waals surface area contributed by atoms with Crippen LogP contribution in [-0.4, -0.2) is 35.6 Å². The van der Waals surface area contributed by atoms with E-state index in [1.165, 1.54) is 11.8 Å². The minimum absolute atomic E-state index is 0.112. The third-order valence-corrected chi connectivity index (χ3v) is 6.19. The summed E-state index contributed by atoms with van der Waals surface area (Å²) < 4.78 is 0.984. The van der Waals surface area contributed by atoms with Gasteiger partial charge in [-0.3, -0.25) is 9.59 Å². The number of nitrogens with zero attached hydrogens (tertiary/aromatic N) is 1. The molecule has 0 aliphatic carbocycles. The normalized spacial score (nSPS) is 14.8. The number of thioether (sulfide) groups is 1. The van der Waals surface area contributed by atoms with E-state index < -0.39 is 0 Å². The number of rotatable bonds is 6. The molecule has 4 nitrogen and oxygen atoms in total. The van der Waals surface area contributed by atoms with Crippen molar-refractivity contribution in [2.45, 2.75) is 30.7 Å². The van der Waals surface area contributed by atoms with Crippen LogP contribution in [0.1, 0.15) is 41.7 Å². The Kier molecular flexibility index (Phi) is 6.96. The second kappa shape index (κ2) is 9.42. The minimum Gasteiger partial charge on any atom is -0.345 e. The lowest BCUT2D eigenvalue weighted by Crippen LogP contribution is -2.29. The summed E-state index contributed by atoms with van der Waals surface area (Å²) in [5.41, 5.74) is 1.64. The third kappa shape index (κ3) is 5.36. The lowest BCUT2D eigenvalue weighted by Gasteiger charge is -2.17. The topological polar surface area (TPSA) is 49.4 Å². The number of carbonyl (C=O) groups excluding carboxylic acids is 2. The van der Waals surface area contributed by atoms with Crippen LogP contribution >= 0.6 is 27.7 Å². The Labute approximate surface area is 172 Å². The van der Waals surface area contributed by atoms with Gasteiger partial charge in [-0.2, -0.15) is 0 Å². The highest BCUT2D eigenvalue weighted by Gasteiger charge is 2.20. The van der Waals surface area contributed by atoms with Crippen molar-refractivity contribution in [3.63, 3.8) is 0 Å². The molecule has 27 heavy (non-hydrogen) atoms. The summed E-state index contributed by atoms with van der Waals surface area (Å²) in [6, 6.07) is 15.3. The summed E-state index contributed by atoms with van der Waals surface area (Å²) in [5.74, 6) is 0.389. The molecular weight excluding hydrogens is 424 g/mol. The second-order valence-corrected chi connectivity index (χ2v) is 8.56.